The Morgan fingerprint density at radius 2 is 1.95 bits per heavy atom. The number of unbranched alkanes of at least 4 members (excludes halogenated alkanes) is 3. The van der Waals surface area contributed by atoms with Crippen molar-refractivity contribution >= 4 is 23.5 Å². The van der Waals surface area contributed by atoms with Crippen molar-refractivity contribution in [2.24, 2.45) is 11.8 Å². The average molecular weight is 565 g/mol. The van der Waals surface area contributed by atoms with Crippen LogP contribution in [-0.2, 0) is 36.8 Å². The third kappa shape index (κ3) is 14.0. The number of thioether (sulfide) groups is 1. The lowest BCUT2D eigenvalue weighted by molar-refractivity contribution is -0.145. The number of ether oxygens (including phenoxy) is 3. The minimum absolute atomic E-state index is 0.0793. The Bertz CT molecular complexity index is 859. The SMILES string of the molecule is CCCCCCOCCOC(=O)CCCSCC[C@H]1C(=O)C[C@@H](O)[C@H]1/C=C/[C@@H](O)Cc1cccc(COC)c1. The van der Waals surface area contributed by atoms with E-state index in [9.17, 15) is 19.8 Å². The molecule has 4 atom stereocenters. The number of esters is 1. The Labute approximate surface area is 238 Å². The Morgan fingerprint density at radius 1 is 1.13 bits per heavy atom. The molecule has 0 bridgehead atoms. The minimum Gasteiger partial charge on any atom is -0.463 e. The zero-order chi connectivity index (χ0) is 28.3. The molecule has 1 aromatic carbocycles. The van der Waals surface area contributed by atoms with Crippen molar-refractivity contribution in [3.05, 3.63) is 47.5 Å². The van der Waals surface area contributed by atoms with Gasteiger partial charge in [0.25, 0.3) is 0 Å². The lowest BCUT2D eigenvalue weighted by atomic mass is 9.91. The third-order valence-electron chi connectivity index (χ3n) is 6.91. The zero-order valence-electron chi connectivity index (χ0n) is 23.7. The molecule has 1 saturated carbocycles. The van der Waals surface area contributed by atoms with Crippen LogP contribution in [0.1, 0.15) is 69.4 Å². The van der Waals surface area contributed by atoms with Gasteiger partial charge in [-0.05, 0) is 41.9 Å². The van der Waals surface area contributed by atoms with E-state index in [0.29, 0.717) is 39.1 Å². The molecular formula is C31H48O7S. The summed E-state index contributed by atoms with van der Waals surface area (Å²) in [5.74, 6) is 0.949. The number of hydrogen-bond acceptors (Lipinski definition) is 8. The Morgan fingerprint density at radius 3 is 2.74 bits per heavy atom. The molecule has 0 saturated heterocycles. The predicted molar refractivity (Wildman–Crippen MR) is 156 cm³/mol. The van der Waals surface area contributed by atoms with E-state index in [4.69, 9.17) is 14.2 Å². The van der Waals surface area contributed by atoms with Gasteiger partial charge in [0.05, 0.1) is 25.4 Å². The number of carbonyl (C=O) groups excluding carboxylic acids is 2. The number of aliphatic hydroxyl groups excluding tert-OH is 2. The van der Waals surface area contributed by atoms with Crippen molar-refractivity contribution in [1.29, 1.82) is 0 Å². The van der Waals surface area contributed by atoms with E-state index in [1.807, 2.05) is 30.3 Å². The van der Waals surface area contributed by atoms with Crippen LogP contribution in [0.5, 0.6) is 0 Å². The maximum Gasteiger partial charge on any atom is 0.305 e. The standard InChI is InChI=1S/C31H48O7S/c1-3-4-5-6-15-37-16-17-38-31(35)11-8-18-39-19-14-28-27(29(33)22-30(28)34)13-12-26(32)21-24-9-7-10-25(20-24)23-36-2/h7,9-10,12-13,20,26-29,32-33H,3-6,8,11,14-19,21-23H2,1-2H3/b13-12+/t26-,27+,28-,29-/m1/s1. The second kappa shape index (κ2) is 20.2. The smallest absolute Gasteiger partial charge is 0.305 e. The summed E-state index contributed by atoms with van der Waals surface area (Å²) in [6.07, 6.45) is 9.16. The lowest BCUT2D eigenvalue weighted by Gasteiger charge is -2.18. The molecule has 0 spiro atoms. The molecule has 0 heterocycles. The Kier molecular flexibility index (Phi) is 17.4. The van der Waals surface area contributed by atoms with Gasteiger partial charge >= 0.3 is 5.97 Å². The van der Waals surface area contributed by atoms with E-state index >= 15 is 0 Å². The van der Waals surface area contributed by atoms with Gasteiger partial charge in [0.15, 0.2) is 0 Å². The molecular weight excluding hydrogens is 516 g/mol. The van der Waals surface area contributed by atoms with Crippen molar-refractivity contribution in [2.45, 2.75) is 83.5 Å². The van der Waals surface area contributed by atoms with Gasteiger partial charge in [-0.3, -0.25) is 9.59 Å². The molecule has 0 aromatic heterocycles. The molecule has 7 nitrogen and oxygen atoms in total. The third-order valence-corrected chi connectivity index (χ3v) is 8.01. The van der Waals surface area contributed by atoms with Crippen LogP contribution in [0.25, 0.3) is 0 Å². The summed E-state index contributed by atoms with van der Waals surface area (Å²) < 4.78 is 15.9. The second-order valence-corrected chi connectivity index (χ2v) is 11.5. The van der Waals surface area contributed by atoms with Crippen LogP contribution in [0, 0.1) is 11.8 Å². The number of rotatable bonds is 21. The molecule has 8 heteroatoms. The van der Waals surface area contributed by atoms with Crippen molar-refractivity contribution < 1.29 is 34.0 Å². The fraction of sp³-hybridized carbons (Fsp3) is 0.677. The van der Waals surface area contributed by atoms with Crippen LogP contribution >= 0.6 is 11.8 Å². The summed E-state index contributed by atoms with van der Waals surface area (Å²) in [4.78, 5) is 24.4. The van der Waals surface area contributed by atoms with Gasteiger partial charge < -0.3 is 24.4 Å². The normalized spacial score (nSPS) is 20.1. The number of benzene rings is 1. The van der Waals surface area contributed by atoms with Crippen molar-refractivity contribution in [3.63, 3.8) is 0 Å². The summed E-state index contributed by atoms with van der Waals surface area (Å²) in [6, 6.07) is 7.91. The van der Waals surface area contributed by atoms with Gasteiger partial charge in [0.2, 0.25) is 0 Å². The van der Waals surface area contributed by atoms with Crippen LogP contribution in [0.4, 0.5) is 0 Å². The molecule has 1 aliphatic carbocycles. The number of carbonyl (C=O) groups is 2. The van der Waals surface area contributed by atoms with Crippen LogP contribution in [-0.4, -0.2) is 72.6 Å². The van der Waals surface area contributed by atoms with E-state index < -0.39 is 12.2 Å². The Hall–Kier alpha value is -1.71. The highest BCUT2D eigenvalue weighted by Gasteiger charge is 2.39. The summed E-state index contributed by atoms with van der Waals surface area (Å²) in [5, 5.41) is 21.0. The van der Waals surface area contributed by atoms with Crippen molar-refractivity contribution in [3.8, 4) is 0 Å². The van der Waals surface area contributed by atoms with E-state index in [-0.39, 0.29) is 30.0 Å². The first kappa shape index (κ1) is 33.5. The molecule has 0 amide bonds. The zero-order valence-corrected chi connectivity index (χ0v) is 24.5. The molecule has 0 radical (unpaired) electrons. The van der Waals surface area contributed by atoms with Gasteiger partial charge in [-0.2, -0.15) is 11.8 Å². The van der Waals surface area contributed by atoms with Crippen LogP contribution in [0.3, 0.4) is 0 Å². The first-order chi connectivity index (χ1) is 18.9. The maximum absolute atomic E-state index is 12.5. The number of hydrogen-bond donors (Lipinski definition) is 2. The van der Waals surface area contributed by atoms with Gasteiger partial charge in [-0.15, -0.1) is 0 Å². The van der Waals surface area contributed by atoms with Crippen molar-refractivity contribution in [2.75, 3.05) is 38.4 Å². The quantitative estimate of drug-likeness (QED) is 0.123. The van der Waals surface area contributed by atoms with Gasteiger partial charge in [-0.1, -0.05) is 62.6 Å². The summed E-state index contributed by atoms with van der Waals surface area (Å²) >= 11 is 1.71. The molecule has 39 heavy (non-hydrogen) atoms. The maximum atomic E-state index is 12.5. The van der Waals surface area contributed by atoms with E-state index in [1.165, 1.54) is 19.3 Å². The monoisotopic (exact) mass is 564 g/mol. The second-order valence-electron chi connectivity index (χ2n) is 10.2. The molecule has 2 rings (SSSR count). The highest BCUT2D eigenvalue weighted by molar-refractivity contribution is 7.99. The lowest BCUT2D eigenvalue weighted by Crippen LogP contribution is -2.20. The van der Waals surface area contributed by atoms with Crippen LogP contribution in [0.15, 0.2) is 36.4 Å². The van der Waals surface area contributed by atoms with E-state index in [1.54, 1.807) is 24.9 Å². The van der Waals surface area contributed by atoms with Crippen molar-refractivity contribution in [1.82, 2.24) is 0 Å². The van der Waals surface area contributed by atoms with E-state index in [2.05, 4.69) is 6.92 Å². The average Bonchev–Trinajstić information content (AvgIpc) is 3.18. The fourth-order valence-electron chi connectivity index (χ4n) is 4.82. The number of ketones is 1. The molecule has 0 unspecified atom stereocenters. The fourth-order valence-corrected chi connectivity index (χ4v) is 5.80. The van der Waals surface area contributed by atoms with Crippen LogP contribution in [0.2, 0.25) is 0 Å². The summed E-state index contributed by atoms with van der Waals surface area (Å²) in [7, 11) is 1.65. The van der Waals surface area contributed by atoms with E-state index in [0.717, 1.165) is 42.1 Å². The molecule has 1 fully saturated rings. The number of aliphatic hydroxyl groups is 2. The number of methoxy groups -OCH3 is 1. The molecule has 2 N–H and O–H groups in total. The number of Topliss-reactive ketones (excluding diaryl/α,β-unsaturated/α-hetero) is 1. The van der Waals surface area contributed by atoms with Gasteiger partial charge in [-0.25, -0.2) is 0 Å². The molecule has 220 valence electrons. The molecule has 1 aromatic rings. The summed E-state index contributed by atoms with van der Waals surface area (Å²) in [5.41, 5.74) is 2.06. The highest BCUT2D eigenvalue weighted by Crippen LogP contribution is 2.34. The first-order valence-corrected chi connectivity index (χ1v) is 15.5. The minimum atomic E-state index is -0.712. The van der Waals surface area contributed by atoms with Gasteiger partial charge in [0.1, 0.15) is 12.4 Å². The molecule has 1 aliphatic rings. The first-order valence-electron chi connectivity index (χ1n) is 14.4. The Balaban J connectivity index is 1.62. The molecule has 0 aliphatic heterocycles. The van der Waals surface area contributed by atoms with Gasteiger partial charge in [0, 0.05) is 44.8 Å². The van der Waals surface area contributed by atoms with Crippen LogP contribution < -0.4 is 0 Å². The largest absolute Gasteiger partial charge is 0.463 e. The predicted octanol–water partition coefficient (Wildman–Crippen LogP) is 4.90. The summed E-state index contributed by atoms with van der Waals surface area (Å²) in [6.45, 7) is 4.16. The topological polar surface area (TPSA) is 102 Å². The highest BCUT2D eigenvalue weighted by atomic mass is 32.2.